The molecule has 0 radical (unpaired) electrons. The van der Waals surface area contributed by atoms with Crippen LogP contribution in [0.5, 0.6) is 0 Å². The normalized spacial score (nSPS) is 47.6. The van der Waals surface area contributed by atoms with Crippen molar-refractivity contribution in [1.29, 1.82) is 0 Å². The van der Waals surface area contributed by atoms with Gasteiger partial charge in [-0.15, -0.1) is 0 Å². The van der Waals surface area contributed by atoms with E-state index in [-0.39, 0.29) is 0 Å². The standard InChI is InChI=1S/C10H18N2O2/c1-9(2)6-4-8(11-13)10(3,12-14)5-7(6)9/h6-7,12-14H,4-5H2,1-3H3/b11-8+/t6-,7-,10-/m0/s1. The van der Waals surface area contributed by atoms with Crippen LogP contribution in [-0.4, -0.2) is 21.7 Å². The van der Waals surface area contributed by atoms with E-state index in [1.165, 1.54) is 0 Å². The van der Waals surface area contributed by atoms with Crippen LogP contribution in [0.1, 0.15) is 33.6 Å². The molecular weight excluding hydrogens is 180 g/mol. The Hall–Kier alpha value is -0.610. The van der Waals surface area contributed by atoms with Crippen LogP contribution < -0.4 is 5.48 Å². The Balaban J connectivity index is 2.23. The number of fused-ring (bicyclic) bond motifs is 1. The van der Waals surface area contributed by atoms with Crippen molar-refractivity contribution in [3.8, 4) is 0 Å². The number of oxime groups is 1. The minimum Gasteiger partial charge on any atom is -0.411 e. The summed E-state index contributed by atoms with van der Waals surface area (Å²) in [6.45, 7) is 6.35. The Labute approximate surface area is 84.0 Å². The summed E-state index contributed by atoms with van der Waals surface area (Å²) in [7, 11) is 0. The first kappa shape index (κ1) is 9.93. The van der Waals surface area contributed by atoms with Crippen LogP contribution >= 0.6 is 0 Å². The molecule has 80 valence electrons. The molecule has 0 saturated heterocycles. The number of nitrogens with zero attached hydrogens (tertiary/aromatic N) is 1. The Morgan fingerprint density at radius 1 is 1.36 bits per heavy atom. The van der Waals surface area contributed by atoms with E-state index in [1.54, 1.807) is 0 Å². The lowest BCUT2D eigenvalue weighted by Gasteiger charge is -2.32. The largest absolute Gasteiger partial charge is 0.411 e. The van der Waals surface area contributed by atoms with Crippen molar-refractivity contribution in [2.24, 2.45) is 22.4 Å². The van der Waals surface area contributed by atoms with Gasteiger partial charge in [0.05, 0.1) is 11.3 Å². The monoisotopic (exact) mass is 198 g/mol. The van der Waals surface area contributed by atoms with E-state index in [9.17, 15) is 0 Å². The van der Waals surface area contributed by atoms with Gasteiger partial charge in [0.25, 0.3) is 0 Å². The smallest absolute Gasteiger partial charge is 0.0818 e. The summed E-state index contributed by atoms with van der Waals surface area (Å²) in [5.41, 5.74) is 2.76. The second-order valence-electron chi connectivity index (χ2n) is 5.43. The Morgan fingerprint density at radius 2 is 2.00 bits per heavy atom. The van der Waals surface area contributed by atoms with E-state index in [1.807, 2.05) is 6.92 Å². The molecule has 0 unspecified atom stereocenters. The summed E-state index contributed by atoms with van der Waals surface area (Å²) < 4.78 is 0. The third-order valence-electron chi connectivity index (χ3n) is 4.33. The van der Waals surface area contributed by atoms with Crippen LogP contribution in [0.4, 0.5) is 0 Å². The van der Waals surface area contributed by atoms with Crippen LogP contribution in [0.2, 0.25) is 0 Å². The summed E-state index contributed by atoms with van der Waals surface area (Å²) in [6.07, 6.45) is 1.64. The summed E-state index contributed by atoms with van der Waals surface area (Å²) in [6, 6.07) is 0. The van der Waals surface area contributed by atoms with Gasteiger partial charge in [-0.25, -0.2) is 0 Å². The molecule has 2 aliphatic rings. The molecule has 0 aromatic carbocycles. The van der Waals surface area contributed by atoms with Crippen molar-refractivity contribution >= 4 is 5.71 Å². The van der Waals surface area contributed by atoms with Crippen molar-refractivity contribution in [2.45, 2.75) is 39.2 Å². The number of hydrogen-bond donors (Lipinski definition) is 3. The molecule has 0 heterocycles. The van der Waals surface area contributed by atoms with Gasteiger partial charge in [-0.2, -0.15) is 5.48 Å². The molecule has 0 aromatic rings. The van der Waals surface area contributed by atoms with E-state index < -0.39 is 5.54 Å². The van der Waals surface area contributed by atoms with E-state index in [2.05, 4.69) is 24.5 Å². The number of nitrogens with one attached hydrogen (secondary N) is 1. The van der Waals surface area contributed by atoms with Gasteiger partial charge in [0.1, 0.15) is 0 Å². The van der Waals surface area contributed by atoms with Crippen molar-refractivity contribution in [3.63, 3.8) is 0 Å². The van der Waals surface area contributed by atoms with Crippen LogP contribution in [0, 0.1) is 17.3 Å². The predicted octanol–water partition coefficient (Wildman–Crippen LogP) is 1.62. The molecule has 0 aromatic heterocycles. The molecule has 4 nitrogen and oxygen atoms in total. The molecule has 3 atom stereocenters. The van der Waals surface area contributed by atoms with Crippen molar-refractivity contribution < 1.29 is 10.4 Å². The molecule has 0 amide bonds. The molecule has 2 saturated carbocycles. The Kier molecular flexibility index (Phi) is 1.92. The molecule has 2 aliphatic carbocycles. The summed E-state index contributed by atoms with van der Waals surface area (Å²) >= 11 is 0. The van der Waals surface area contributed by atoms with E-state index in [4.69, 9.17) is 10.4 Å². The molecule has 4 heteroatoms. The van der Waals surface area contributed by atoms with E-state index in [0.717, 1.165) is 12.8 Å². The number of hydroxylamine groups is 1. The van der Waals surface area contributed by atoms with E-state index >= 15 is 0 Å². The molecule has 2 rings (SSSR count). The first-order valence-corrected chi connectivity index (χ1v) is 5.08. The first-order valence-electron chi connectivity index (χ1n) is 5.08. The summed E-state index contributed by atoms with van der Waals surface area (Å²) in [5, 5.41) is 21.3. The highest BCUT2D eigenvalue weighted by molar-refractivity contribution is 5.94. The second kappa shape index (κ2) is 2.70. The van der Waals surface area contributed by atoms with Crippen LogP contribution in [0.3, 0.4) is 0 Å². The van der Waals surface area contributed by atoms with Crippen LogP contribution in [-0.2, 0) is 0 Å². The predicted molar refractivity (Wildman–Crippen MR) is 52.5 cm³/mol. The van der Waals surface area contributed by atoms with Gasteiger partial charge >= 0.3 is 0 Å². The van der Waals surface area contributed by atoms with Crippen molar-refractivity contribution in [3.05, 3.63) is 0 Å². The maximum atomic E-state index is 9.12. The first-order chi connectivity index (χ1) is 6.45. The van der Waals surface area contributed by atoms with E-state index in [0.29, 0.717) is 23.0 Å². The zero-order valence-corrected chi connectivity index (χ0v) is 8.91. The van der Waals surface area contributed by atoms with Gasteiger partial charge in [-0.05, 0) is 37.0 Å². The number of hydrogen-bond acceptors (Lipinski definition) is 4. The second-order valence-corrected chi connectivity index (χ2v) is 5.43. The highest BCUT2D eigenvalue weighted by atomic mass is 16.5. The third-order valence-corrected chi connectivity index (χ3v) is 4.33. The quantitative estimate of drug-likeness (QED) is 0.443. The van der Waals surface area contributed by atoms with Crippen molar-refractivity contribution in [2.75, 3.05) is 0 Å². The van der Waals surface area contributed by atoms with Gasteiger partial charge in [-0.3, -0.25) is 0 Å². The molecule has 0 spiro atoms. The fraction of sp³-hybridized carbons (Fsp3) is 0.900. The van der Waals surface area contributed by atoms with Gasteiger partial charge in [0, 0.05) is 0 Å². The van der Waals surface area contributed by atoms with Crippen LogP contribution in [0.15, 0.2) is 5.16 Å². The van der Waals surface area contributed by atoms with Gasteiger partial charge in [0.2, 0.25) is 0 Å². The van der Waals surface area contributed by atoms with Crippen LogP contribution in [0.25, 0.3) is 0 Å². The molecule has 0 aliphatic heterocycles. The molecule has 2 fully saturated rings. The minimum absolute atomic E-state index is 0.338. The molecule has 3 N–H and O–H groups in total. The zero-order chi connectivity index (χ0) is 10.6. The maximum Gasteiger partial charge on any atom is 0.0818 e. The van der Waals surface area contributed by atoms with Crippen molar-refractivity contribution in [1.82, 2.24) is 5.48 Å². The summed E-state index contributed by atoms with van der Waals surface area (Å²) in [5.74, 6) is 1.26. The van der Waals surface area contributed by atoms with Gasteiger partial charge < -0.3 is 10.4 Å². The van der Waals surface area contributed by atoms with Gasteiger partial charge in [-0.1, -0.05) is 19.0 Å². The topological polar surface area (TPSA) is 64.9 Å². The maximum absolute atomic E-state index is 9.12. The highest BCUT2D eigenvalue weighted by Gasteiger charge is 2.63. The minimum atomic E-state index is -0.538. The lowest BCUT2D eigenvalue weighted by Crippen LogP contribution is -2.50. The summed E-state index contributed by atoms with van der Waals surface area (Å²) in [4.78, 5) is 0. The fourth-order valence-electron chi connectivity index (χ4n) is 2.92. The number of rotatable bonds is 1. The fourth-order valence-corrected chi connectivity index (χ4v) is 2.92. The Morgan fingerprint density at radius 3 is 2.50 bits per heavy atom. The average Bonchev–Trinajstić information content (AvgIpc) is 2.66. The zero-order valence-electron chi connectivity index (χ0n) is 8.91. The lowest BCUT2D eigenvalue weighted by atomic mass is 9.82. The van der Waals surface area contributed by atoms with Gasteiger partial charge in [0.15, 0.2) is 0 Å². The average molecular weight is 198 g/mol. The molecule has 14 heavy (non-hydrogen) atoms. The molecular formula is C10H18N2O2. The third kappa shape index (κ3) is 1.10. The SMILES string of the molecule is CC1(C)[C@H]2C/C(=N\O)[C@@](C)(NO)C[C@@H]21. The molecule has 0 bridgehead atoms. The highest BCUT2D eigenvalue weighted by Crippen LogP contribution is 2.65. The Bertz CT molecular complexity index is 288. The lowest BCUT2D eigenvalue weighted by molar-refractivity contribution is 0.0902.